The van der Waals surface area contributed by atoms with Crippen LogP contribution in [0.2, 0.25) is 0 Å². The van der Waals surface area contributed by atoms with E-state index in [2.05, 4.69) is 12.2 Å². The molecule has 0 spiro atoms. The van der Waals surface area contributed by atoms with Gasteiger partial charge in [0.05, 0.1) is 0 Å². The van der Waals surface area contributed by atoms with E-state index in [1.807, 2.05) is 25.6 Å². The Bertz CT molecular complexity index is 365. The molecule has 0 aromatic carbocycles. The molecular formula is C15H28N2O3S. The summed E-state index contributed by atoms with van der Waals surface area (Å²) in [5.41, 5.74) is -1.00. The van der Waals surface area contributed by atoms with Crippen LogP contribution < -0.4 is 5.32 Å². The molecule has 1 aliphatic heterocycles. The van der Waals surface area contributed by atoms with Crippen molar-refractivity contribution in [1.29, 1.82) is 0 Å². The molecule has 1 saturated heterocycles. The summed E-state index contributed by atoms with van der Waals surface area (Å²) in [6.07, 6.45) is 3.52. The number of hydrogen-bond acceptors (Lipinski definition) is 3. The number of hydrogen-bond donors (Lipinski definition) is 2. The van der Waals surface area contributed by atoms with Crippen molar-refractivity contribution in [2.45, 2.75) is 64.5 Å². The van der Waals surface area contributed by atoms with Gasteiger partial charge < -0.3 is 15.3 Å². The van der Waals surface area contributed by atoms with Crippen LogP contribution >= 0.6 is 11.8 Å². The molecule has 1 rings (SSSR count). The summed E-state index contributed by atoms with van der Waals surface area (Å²) in [5.74, 6) is 1.22. The molecule has 122 valence electrons. The Morgan fingerprint density at radius 3 is 2.71 bits per heavy atom. The van der Waals surface area contributed by atoms with E-state index in [0.29, 0.717) is 19.4 Å². The zero-order chi connectivity index (χ0) is 15.9. The third kappa shape index (κ3) is 4.53. The van der Waals surface area contributed by atoms with E-state index in [0.717, 1.165) is 30.8 Å². The summed E-state index contributed by atoms with van der Waals surface area (Å²) in [6.45, 7) is 6.59. The first-order valence-corrected chi connectivity index (χ1v) is 9.02. The highest BCUT2D eigenvalue weighted by atomic mass is 32.2. The first kappa shape index (κ1) is 18.1. The first-order chi connectivity index (χ1) is 9.97. The van der Waals surface area contributed by atoms with Gasteiger partial charge in [0.25, 0.3) is 0 Å². The normalized spacial score (nSPS) is 23.1. The summed E-state index contributed by atoms with van der Waals surface area (Å²) >= 11 is 1.85. The number of aliphatic carboxylic acids is 1. The van der Waals surface area contributed by atoms with Crippen molar-refractivity contribution in [3.8, 4) is 0 Å². The van der Waals surface area contributed by atoms with Crippen LogP contribution in [-0.4, -0.2) is 51.6 Å². The topological polar surface area (TPSA) is 69.6 Å². The second-order valence-corrected chi connectivity index (χ2v) is 7.07. The number of thioether (sulfide) groups is 1. The monoisotopic (exact) mass is 316 g/mol. The number of carbonyl (C=O) groups is 2. The minimum atomic E-state index is -1.00. The van der Waals surface area contributed by atoms with E-state index < -0.39 is 11.5 Å². The molecule has 1 aliphatic rings. The van der Waals surface area contributed by atoms with E-state index in [4.69, 9.17) is 0 Å². The first-order valence-electron chi connectivity index (χ1n) is 7.87. The number of amides is 2. The van der Waals surface area contributed by atoms with Crippen molar-refractivity contribution < 1.29 is 14.7 Å². The second-order valence-electron chi connectivity index (χ2n) is 5.68. The molecule has 0 aromatic heterocycles. The van der Waals surface area contributed by atoms with E-state index in [1.165, 1.54) is 0 Å². The van der Waals surface area contributed by atoms with Gasteiger partial charge in [0.1, 0.15) is 5.54 Å². The highest BCUT2D eigenvalue weighted by molar-refractivity contribution is 7.99. The summed E-state index contributed by atoms with van der Waals surface area (Å²) in [6, 6.07) is -0.150. The van der Waals surface area contributed by atoms with E-state index in [9.17, 15) is 14.7 Å². The zero-order valence-electron chi connectivity index (χ0n) is 13.4. The predicted octanol–water partition coefficient (Wildman–Crippen LogP) is 2.95. The molecule has 0 saturated carbocycles. The lowest BCUT2D eigenvalue weighted by atomic mass is 9.91. The van der Waals surface area contributed by atoms with Crippen LogP contribution in [0, 0.1) is 0 Å². The lowest BCUT2D eigenvalue weighted by molar-refractivity contribution is -0.148. The minimum absolute atomic E-state index is 0.0743. The number of nitrogens with zero attached hydrogens (tertiary/aromatic N) is 1. The Morgan fingerprint density at radius 1 is 1.43 bits per heavy atom. The predicted molar refractivity (Wildman–Crippen MR) is 86.8 cm³/mol. The Balaban J connectivity index is 2.64. The van der Waals surface area contributed by atoms with Crippen molar-refractivity contribution in [3.63, 3.8) is 0 Å². The largest absolute Gasteiger partial charge is 0.479 e. The van der Waals surface area contributed by atoms with Crippen LogP contribution in [-0.2, 0) is 4.79 Å². The van der Waals surface area contributed by atoms with Crippen LogP contribution in [0.3, 0.4) is 0 Å². The Morgan fingerprint density at radius 2 is 2.14 bits per heavy atom. The number of rotatable bonds is 8. The third-order valence-corrected chi connectivity index (χ3v) is 5.00. The fourth-order valence-electron chi connectivity index (χ4n) is 2.94. The van der Waals surface area contributed by atoms with Crippen LogP contribution in [0.4, 0.5) is 4.79 Å². The molecule has 2 amide bonds. The van der Waals surface area contributed by atoms with Gasteiger partial charge in [-0.2, -0.15) is 11.8 Å². The van der Waals surface area contributed by atoms with Gasteiger partial charge in [0, 0.05) is 12.6 Å². The average molecular weight is 316 g/mol. The highest BCUT2D eigenvalue weighted by Crippen LogP contribution is 2.34. The van der Waals surface area contributed by atoms with Gasteiger partial charge in [0.2, 0.25) is 0 Å². The molecule has 1 fully saturated rings. The fourth-order valence-corrected chi connectivity index (χ4v) is 3.75. The minimum Gasteiger partial charge on any atom is -0.479 e. The van der Waals surface area contributed by atoms with Crippen molar-refractivity contribution in [2.75, 3.05) is 18.1 Å². The Hall–Kier alpha value is -0.910. The summed E-state index contributed by atoms with van der Waals surface area (Å²) < 4.78 is 0. The van der Waals surface area contributed by atoms with Crippen molar-refractivity contribution >= 4 is 23.8 Å². The van der Waals surface area contributed by atoms with Crippen LogP contribution in [0.25, 0.3) is 0 Å². The molecular weight excluding hydrogens is 288 g/mol. The summed E-state index contributed by atoms with van der Waals surface area (Å²) in [5, 5.41) is 12.6. The second kappa shape index (κ2) is 8.51. The molecule has 0 radical (unpaired) electrons. The molecule has 0 aromatic rings. The molecule has 2 N–H and O–H groups in total. The van der Waals surface area contributed by atoms with Crippen LogP contribution in [0.5, 0.6) is 0 Å². The van der Waals surface area contributed by atoms with Gasteiger partial charge >= 0.3 is 12.0 Å². The van der Waals surface area contributed by atoms with E-state index >= 15 is 0 Å². The fraction of sp³-hybridized carbons (Fsp3) is 0.867. The summed E-state index contributed by atoms with van der Waals surface area (Å²) in [4.78, 5) is 25.7. The molecule has 2 atom stereocenters. The molecule has 0 bridgehead atoms. The number of carbonyl (C=O) groups excluding carboxylic acids is 1. The Kier molecular flexibility index (Phi) is 7.35. The standard InChI is InChI=1S/C15H28N2O3S/c1-4-8-15(13(18)19)9-6-10-17(15)14(20)16-12(3)7-11-21-5-2/h12H,4-11H2,1-3H3,(H,16,20)(H,18,19). The van der Waals surface area contributed by atoms with E-state index in [1.54, 1.807) is 4.90 Å². The maximum atomic E-state index is 12.4. The highest BCUT2D eigenvalue weighted by Gasteiger charge is 2.49. The van der Waals surface area contributed by atoms with Gasteiger partial charge in [-0.25, -0.2) is 9.59 Å². The van der Waals surface area contributed by atoms with Gasteiger partial charge in [-0.05, 0) is 44.1 Å². The number of nitrogens with one attached hydrogen (secondary N) is 1. The maximum Gasteiger partial charge on any atom is 0.329 e. The van der Waals surface area contributed by atoms with Crippen molar-refractivity contribution in [3.05, 3.63) is 0 Å². The lowest BCUT2D eigenvalue weighted by Crippen LogP contribution is -2.57. The number of urea groups is 1. The van der Waals surface area contributed by atoms with E-state index in [-0.39, 0.29) is 12.1 Å². The molecule has 5 nitrogen and oxygen atoms in total. The quantitative estimate of drug-likeness (QED) is 0.676. The number of carboxylic acid groups (broad SMARTS) is 1. The lowest BCUT2D eigenvalue weighted by Gasteiger charge is -2.35. The van der Waals surface area contributed by atoms with Crippen LogP contribution in [0.1, 0.15) is 52.9 Å². The van der Waals surface area contributed by atoms with Gasteiger partial charge in [-0.3, -0.25) is 0 Å². The third-order valence-electron chi connectivity index (χ3n) is 4.06. The average Bonchev–Trinajstić information content (AvgIpc) is 2.84. The molecule has 6 heteroatoms. The Labute approximate surface area is 131 Å². The SMILES string of the molecule is CCCC1(C(=O)O)CCCN1C(=O)NC(C)CCSCC. The molecule has 21 heavy (non-hydrogen) atoms. The molecule has 0 aliphatic carbocycles. The zero-order valence-corrected chi connectivity index (χ0v) is 14.2. The van der Waals surface area contributed by atoms with Gasteiger partial charge in [-0.1, -0.05) is 20.3 Å². The summed E-state index contributed by atoms with van der Waals surface area (Å²) in [7, 11) is 0. The maximum absolute atomic E-state index is 12.4. The number of carboxylic acids is 1. The van der Waals surface area contributed by atoms with Crippen LogP contribution in [0.15, 0.2) is 0 Å². The van der Waals surface area contributed by atoms with Gasteiger partial charge in [0.15, 0.2) is 0 Å². The smallest absolute Gasteiger partial charge is 0.329 e. The van der Waals surface area contributed by atoms with Crippen molar-refractivity contribution in [1.82, 2.24) is 10.2 Å². The number of likely N-dealkylation sites (tertiary alicyclic amines) is 1. The van der Waals surface area contributed by atoms with Crippen molar-refractivity contribution in [2.24, 2.45) is 0 Å². The van der Waals surface area contributed by atoms with Gasteiger partial charge in [-0.15, -0.1) is 0 Å². The molecule has 1 heterocycles. The molecule has 2 unspecified atom stereocenters.